The predicted octanol–water partition coefficient (Wildman–Crippen LogP) is -0.387. The molecule has 6 nitrogen and oxygen atoms in total. The van der Waals surface area contributed by atoms with Gasteiger partial charge in [-0.2, -0.15) is 0 Å². The SMILES string of the molecule is COc1cc(C[NH+]2CC[NH+](Cc3ccc4c(c3)OCO4)CC2)ccc1O. The zero-order chi connectivity index (χ0) is 17.9. The number of rotatable bonds is 5. The van der Waals surface area contributed by atoms with E-state index in [4.69, 9.17) is 14.2 Å². The molecule has 0 spiro atoms. The molecule has 2 aliphatic rings. The number of nitrogens with one attached hydrogen (secondary N) is 2. The summed E-state index contributed by atoms with van der Waals surface area (Å²) in [7, 11) is 1.59. The number of quaternary nitrogens is 2. The highest BCUT2D eigenvalue weighted by atomic mass is 16.7. The largest absolute Gasteiger partial charge is 0.504 e. The van der Waals surface area contributed by atoms with E-state index < -0.39 is 0 Å². The Morgan fingerprint density at radius 3 is 2.19 bits per heavy atom. The maximum atomic E-state index is 9.72. The zero-order valence-electron chi connectivity index (χ0n) is 15.1. The molecule has 0 saturated carbocycles. The van der Waals surface area contributed by atoms with Crippen molar-refractivity contribution in [3.05, 3.63) is 47.5 Å². The summed E-state index contributed by atoms with van der Waals surface area (Å²) in [6.07, 6.45) is 0. The summed E-state index contributed by atoms with van der Waals surface area (Å²) in [6, 6.07) is 11.9. The number of hydrogen-bond donors (Lipinski definition) is 3. The normalized spacial score (nSPS) is 21.6. The van der Waals surface area contributed by atoms with Crippen LogP contribution in [-0.2, 0) is 13.1 Å². The fourth-order valence-electron chi connectivity index (χ4n) is 3.77. The van der Waals surface area contributed by atoms with Crippen LogP contribution < -0.4 is 24.0 Å². The van der Waals surface area contributed by atoms with Crippen molar-refractivity contribution in [1.82, 2.24) is 0 Å². The van der Waals surface area contributed by atoms with Gasteiger partial charge in [0.1, 0.15) is 39.3 Å². The van der Waals surface area contributed by atoms with Crippen molar-refractivity contribution < 1.29 is 29.1 Å². The van der Waals surface area contributed by atoms with E-state index in [1.54, 1.807) is 23.0 Å². The molecule has 1 saturated heterocycles. The number of ether oxygens (including phenoxy) is 3. The van der Waals surface area contributed by atoms with Gasteiger partial charge in [0, 0.05) is 11.1 Å². The van der Waals surface area contributed by atoms with Gasteiger partial charge in [-0.1, -0.05) is 0 Å². The third-order valence-corrected chi connectivity index (χ3v) is 5.25. The van der Waals surface area contributed by atoms with Crippen LogP contribution in [0.2, 0.25) is 0 Å². The third-order valence-electron chi connectivity index (χ3n) is 5.25. The minimum absolute atomic E-state index is 0.198. The molecule has 2 aromatic rings. The lowest BCUT2D eigenvalue weighted by molar-refractivity contribution is -1.02. The van der Waals surface area contributed by atoms with Gasteiger partial charge in [0.25, 0.3) is 0 Å². The summed E-state index contributed by atoms with van der Waals surface area (Å²) in [4.78, 5) is 3.18. The average molecular weight is 358 g/mol. The molecule has 2 aromatic carbocycles. The molecular weight excluding hydrogens is 332 g/mol. The molecule has 4 rings (SSSR count). The quantitative estimate of drug-likeness (QED) is 0.682. The Kier molecular flexibility index (Phi) is 4.86. The number of hydrogen-bond acceptors (Lipinski definition) is 4. The molecule has 26 heavy (non-hydrogen) atoms. The Morgan fingerprint density at radius 2 is 1.50 bits per heavy atom. The molecule has 0 radical (unpaired) electrons. The van der Waals surface area contributed by atoms with Crippen LogP contribution in [0.5, 0.6) is 23.0 Å². The standard InChI is InChI=1S/C20H24N2O4/c1-24-19-10-15(2-4-17(19)23)12-21-6-8-22(9-7-21)13-16-3-5-18-20(11-16)26-14-25-18/h2-5,10-11,23H,6-9,12-14H2,1H3/p+2. The van der Waals surface area contributed by atoms with Crippen molar-refractivity contribution >= 4 is 0 Å². The number of methoxy groups -OCH3 is 1. The van der Waals surface area contributed by atoms with Gasteiger partial charge in [-0.3, -0.25) is 0 Å². The van der Waals surface area contributed by atoms with E-state index in [0.29, 0.717) is 12.5 Å². The third kappa shape index (κ3) is 3.71. The molecule has 3 N–H and O–H groups in total. The van der Waals surface area contributed by atoms with E-state index in [9.17, 15) is 5.11 Å². The molecular formula is C20H26N2O4+2. The second kappa shape index (κ2) is 7.43. The highest BCUT2D eigenvalue weighted by Crippen LogP contribution is 2.32. The Bertz CT molecular complexity index is 751. The topological polar surface area (TPSA) is 56.8 Å². The Hall–Kier alpha value is -2.44. The molecule has 2 aliphatic heterocycles. The van der Waals surface area contributed by atoms with Gasteiger partial charge in [0.05, 0.1) is 7.11 Å². The fourth-order valence-corrected chi connectivity index (χ4v) is 3.77. The predicted molar refractivity (Wildman–Crippen MR) is 96.0 cm³/mol. The van der Waals surface area contributed by atoms with Crippen molar-refractivity contribution in [2.45, 2.75) is 13.1 Å². The Morgan fingerprint density at radius 1 is 0.885 bits per heavy atom. The summed E-state index contributed by atoms with van der Waals surface area (Å²) in [5, 5.41) is 9.72. The summed E-state index contributed by atoms with van der Waals surface area (Å²) < 4.78 is 16.1. The van der Waals surface area contributed by atoms with Gasteiger partial charge in [0.2, 0.25) is 6.79 Å². The lowest BCUT2D eigenvalue weighted by atomic mass is 10.1. The molecule has 6 heteroatoms. The molecule has 0 atom stereocenters. The van der Waals surface area contributed by atoms with Crippen LogP contribution in [0.3, 0.4) is 0 Å². The van der Waals surface area contributed by atoms with Gasteiger partial charge < -0.3 is 29.1 Å². The lowest BCUT2D eigenvalue weighted by Crippen LogP contribution is -3.27. The van der Waals surface area contributed by atoms with E-state index >= 15 is 0 Å². The minimum atomic E-state index is 0.198. The monoisotopic (exact) mass is 358 g/mol. The highest BCUT2D eigenvalue weighted by molar-refractivity contribution is 5.44. The number of aromatic hydroxyl groups is 1. The second-order valence-electron chi connectivity index (χ2n) is 7.05. The van der Waals surface area contributed by atoms with Gasteiger partial charge >= 0.3 is 0 Å². The molecule has 0 aliphatic carbocycles. The van der Waals surface area contributed by atoms with Crippen molar-refractivity contribution in [1.29, 1.82) is 0 Å². The molecule has 138 valence electrons. The minimum Gasteiger partial charge on any atom is -0.504 e. The Labute approximate surface area is 153 Å². The summed E-state index contributed by atoms with van der Waals surface area (Å²) in [5.41, 5.74) is 2.50. The molecule has 0 amide bonds. The second-order valence-corrected chi connectivity index (χ2v) is 7.05. The molecule has 0 aromatic heterocycles. The van der Waals surface area contributed by atoms with Crippen LogP contribution in [0.15, 0.2) is 36.4 Å². The first-order chi connectivity index (χ1) is 12.7. The van der Waals surface area contributed by atoms with E-state index in [1.165, 1.54) is 11.1 Å². The van der Waals surface area contributed by atoms with E-state index in [1.807, 2.05) is 18.2 Å². The van der Waals surface area contributed by atoms with Crippen molar-refractivity contribution in [2.24, 2.45) is 0 Å². The van der Waals surface area contributed by atoms with Gasteiger partial charge in [-0.25, -0.2) is 0 Å². The summed E-state index contributed by atoms with van der Waals surface area (Å²) in [6.45, 7) is 6.91. The van der Waals surface area contributed by atoms with E-state index in [2.05, 4.69) is 12.1 Å². The first kappa shape index (κ1) is 17.0. The average Bonchev–Trinajstić information content (AvgIpc) is 3.13. The fraction of sp³-hybridized carbons (Fsp3) is 0.400. The molecule has 0 bridgehead atoms. The van der Waals surface area contributed by atoms with E-state index in [0.717, 1.165) is 50.8 Å². The lowest BCUT2D eigenvalue weighted by Gasteiger charge is -2.30. The molecule has 1 fully saturated rings. The summed E-state index contributed by atoms with van der Waals surface area (Å²) in [5.74, 6) is 2.47. The summed E-state index contributed by atoms with van der Waals surface area (Å²) >= 11 is 0. The van der Waals surface area contributed by atoms with Crippen LogP contribution in [0.25, 0.3) is 0 Å². The smallest absolute Gasteiger partial charge is 0.231 e. The van der Waals surface area contributed by atoms with Crippen LogP contribution in [0.4, 0.5) is 0 Å². The van der Waals surface area contributed by atoms with Crippen molar-refractivity contribution in [3.63, 3.8) is 0 Å². The van der Waals surface area contributed by atoms with Crippen LogP contribution in [0.1, 0.15) is 11.1 Å². The van der Waals surface area contributed by atoms with Gasteiger partial charge in [-0.05, 0) is 36.4 Å². The number of piperazine rings is 1. The van der Waals surface area contributed by atoms with Crippen LogP contribution >= 0.6 is 0 Å². The molecule has 2 heterocycles. The van der Waals surface area contributed by atoms with Gasteiger partial charge in [0.15, 0.2) is 23.0 Å². The first-order valence-electron chi connectivity index (χ1n) is 9.13. The number of fused-ring (bicyclic) bond motifs is 1. The maximum absolute atomic E-state index is 9.72. The van der Waals surface area contributed by atoms with Crippen molar-refractivity contribution in [3.8, 4) is 23.0 Å². The maximum Gasteiger partial charge on any atom is 0.231 e. The number of benzene rings is 2. The zero-order valence-corrected chi connectivity index (χ0v) is 15.1. The highest BCUT2D eigenvalue weighted by Gasteiger charge is 2.24. The van der Waals surface area contributed by atoms with Crippen molar-refractivity contribution in [2.75, 3.05) is 40.1 Å². The van der Waals surface area contributed by atoms with Gasteiger partial charge in [-0.15, -0.1) is 0 Å². The van der Waals surface area contributed by atoms with Crippen LogP contribution in [-0.4, -0.2) is 45.2 Å². The Balaban J connectivity index is 1.30. The van der Waals surface area contributed by atoms with Crippen LogP contribution in [0, 0.1) is 0 Å². The van der Waals surface area contributed by atoms with E-state index in [-0.39, 0.29) is 5.75 Å². The number of phenols is 1. The first-order valence-corrected chi connectivity index (χ1v) is 9.13. The number of phenolic OH excluding ortho intramolecular Hbond substituents is 1. The molecule has 0 unspecified atom stereocenters.